The summed E-state index contributed by atoms with van der Waals surface area (Å²) >= 11 is 0. The van der Waals surface area contributed by atoms with E-state index >= 15 is 0 Å². The van der Waals surface area contributed by atoms with E-state index in [0.29, 0.717) is 18.7 Å². The monoisotopic (exact) mass is 291 g/mol. The van der Waals surface area contributed by atoms with E-state index in [1.54, 1.807) is 4.90 Å². The number of ether oxygens (including phenoxy) is 2. The Labute approximate surface area is 124 Å². The van der Waals surface area contributed by atoms with Crippen LogP contribution in [0, 0.1) is 20.8 Å². The summed E-state index contributed by atoms with van der Waals surface area (Å²) in [4.78, 5) is 26.0. The number of hydrogen-bond acceptors (Lipinski definition) is 4. The van der Waals surface area contributed by atoms with E-state index in [2.05, 4.69) is 4.74 Å². The molecule has 1 aromatic rings. The Hall–Kier alpha value is -1.88. The normalized spacial score (nSPS) is 18.5. The summed E-state index contributed by atoms with van der Waals surface area (Å²) < 4.78 is 10.0. The van der Waals surface area contributed by atoms with Gasteiger partial charge in [0.25, 0.3) is 5.91 Å². The highest BCUT2D eigenvalue weighted by Gasteiger charge is 2.31. The van der Waals surface area contributed by atoms with Crippen molar-refractivity contribution in [1.29, 1.82) is 0 Å². The lowest BCUT2D eigenvalue weighted by Gasteiger charge is -2.32. The highest BCUT2D eigenvalue weighted by molar-refractivity contribution is 5.97. The maximum absolute atomic E-state index is 12.7. The van der Waals surface area contributed by atoms with Gasteiger partial charge in [-0.05, 0) is 31.9 Å². The molecule has 1 fully saturated rings. The van der Waals surface area contributed by atoms with Gasteiger partial charge < -0.3 is 14.4 Å². The molecule has 114 valence electrons. The summed E-state index contributed by atoms with van der Waals surface area (Å²) in [5.41, 5.74) is 3.76. The van der Waals surface area contributed by atoms with Crippen LogP contribution >= 0.6 is 0 Å². The molecule has 5 heteroatoms. The van der Waals surface area contributed by atoms with Crippen molar-refractivity contribution in [3.63, 3.8) is 0 Å². The van der Waals surface area contributed by atoms with Crippen LogP contribution in [0.5, 0.6) is 0 Å². The van der Waals surface area contributed by atoms with Crippen LogP contribution in [-0.4, -0.2) is 49.7 Å². The number of carbonyl (C=O) groups excluding carboxylic acids is 2. The first-order chi connectivity index (χ1) is 9.93. The molecule has 0 saturated carbocycles. The zero-order valence-corrected chi connectivity index (χ0v) is 12.9. The van der Waals surface area contributed by atoms with Gasteiger partial charge in [-0.1, -0.05) is 17.7 Å². The standard InChI is InChI=1S/C16H21NO4/c1-10-7-11(2)14(12(3)8-10)15(18)17-5-6-21-13(9-17)16(19)20-4/h7-8,13H,5-6,9H2,1-4H3. The van der Waals surface area contributed by atoms with Crippen molar-refractivity contribution in [3.8, 4) is 0 Å². The van der Waals surface area contributed by atoms with Crippen LogP contribution in [0.25, 0.3) is 0 Å². The third-order valence-electron chi connectivity index (χ3n) is 3.71. The number of carbonyl (C=O) groups is 2. The number of morpholine rings is 1. The molecule has 2 rings (SSSR count). The molecule has 0 aliphatic carbocycles. The second-order valence-electron chi connectivity index (χ2n) is 5.41. The fourth-order valence-corrected chi connectivity index (χ4v) is 2.78. The molecule has 1 unspecified atom stereocenters. The quantitative estimate of drug-likeness (QED) is 0.777. The van der Waals surface area contributed by atoms with Crippen LogP contribution in [0.15, 0.2) is 12.1 Å². The number of methoxy groups -OCH3 is 1. The van der Waals surface area contributed by atoms with Gasteiger partial charge in [-0.3, -0.25) is 4.79 Å². The van der Waals surface area contributed by atoms with Crippen molar-refractivity contribution in [2.45, 2.75) is 26.9 Å². The molecule has 0 radical (unpaired) electrons. The van der Waals surface area contributed by atoms with Gasteiger partial charge >= 0.3 is 5.97 Å². The second-order valence-corrected chi connectivity index (χ2v) is 5.41. The maximum Gasteiger partial charge on any atom is 0.336 e. The smallest absolute Gasteiger partial charge is 0.336 e. The van der Waals surface area contributed by atoms with Gasteiger partial charge in [0, 0.05) is 12.1 Å². The fraction of sp³-hybridized carbons (Fsp3) is 0.500. The van der Waals surface area contributed by atoms with Crippen LogP contribution in [-0.2, 0) is 14.3 Å². The summed E-state index contributed by atoms with van der Waals surface area (Å²) in [6, 6.07) is 4.00. The van der Waals surface area contributed by atoms with Gasteiger partial charge in [0.1, 0.15) is 0 Å². The Morgan fingerprint density at radius 1 is 1.24 bits per heavy atom. The molecule has 21 heavy (non-hydrogen) atoms. The van der Waals surface area contributed by atoms with Crippen LogP contribution in [0.4, 0.5) is 0 Å². The number of esters is 1. The lowest BCUT2D eigenvalue weighted by atomic mass is 9.98. The van der Waals surface area contributed by atoms with Crippen LogP contribution in [0.2, 0.25) is 0 Å². The van der Waals surface area contributed by atoms with Crippen LogP contribution in [0.1, 0.15) is 27.0 Å². The molecule has 1 amide bonds. The Balaban J connectivity index is 2.22. The molecule has 0 N–H and O–H groups in total. The molecule has 1 aliphatic rings. The second kappa shape index (κ2) is 6.26. The third kappa shape index (κ3) is 3.24. The van der Waals surface area contributed by atoms with E-state index in [9.17, 15) is 9.59 Å². The van der Waals surface area contributed by atoms with Gasteiger partial charge in [0.05, 0.1) is 20.3 Å². The molecule has 1 atom stereocenters. The predicted molar refractivity (Wildman–Crippen MR) is 78.3 cm³/mol. The molecule has 1 saturated heterocycles. The zero-order chi connectivity index (χ0) is 15.6. The van der Waals surface area contributed by atoms with Gasteiger partial charge in [-0.25, -0.2) is 4.79 Å². The summed E-state index contributed by atoms with van der Waals surface area (Å²) in [5, 5.41) is 0. The minimum Gasteiger partial charge on any atom is -0.467 e. The van der Waals surface area contributed by atoms with Crippen LogP contribution < -0.4 is 0 Å². The Morgan fingerprint density at radius 2 is 1.86 bits per heavy atom. The summed E-state index contributed by atoms with van der Waals surface area (Å²) in [6.07, 6.45) is -0.696. The summed E-state index contributed by atoms with van der Waals surface area (Å²) in [5.74, 6) is -0.493. The van der Waals surface area contributed by atoms with Gasteiger partial charge in [-0.2, -0.15) is 0 Å². The molecule has 1 heterocycles. The number of nitrogens with zero attached hydrogens (tertiary/aromatic N) is 1. The summed E-state index contributed by atoms with van der Waals surface area (Å²) in [6.45, 7) is 6.94. The third-order valence-corrected chi connectivity index (χ3v) is 3.71. The van der Waals surface area contributed by atoms with E-state index in [-0.39, 0.29) is 12.5 Å². The summed E-state index contributed by atoms with van der Waals surface area (Å²) in [7, 11) is 1.32. The van der Waals surface area contributed by atoms with Gasteiger partial charge in [0.15, 0.2) is 6.10 Å². The molecule has 0 aromatic heterocycles. The number of amides is 1. The van der Waals surface area contributed by atoms with Crippen molar-refractivity contribution < 1.29 is 19.1 Å². The van der Waals surface area contributed by atoms with Gasteiger partial charge in [0.2, 0.25) is 0 Å². The molecule has 1 aliphatic heterocycles. The lowest BCUT2D eigenvalue weighted by Crippen LogP contribution is -2.49. The van der Waals surface area contributed by atoms with Crippen LogP contribution in [0.3, 0.4) is 0 Å². The Morgan fingerprint density at radius 3 is 2.43 bits per heavy atom. The first-order valence-corrected chi connectivity index (χ1v) is 7.00. The van der Waals surface area contributed by atoms with E-state index < -0.39 is 12.1 Å². The zero-order valence-electron chi connectivity index (χ0n) is 12.9. The number of benzene rings is 1. The first kappa shape index (κ1) is 15.5. The molecule has 0 bridgehead atoms. The Bertz CT molecular complexity index is 544. The van der Waals surface area contributed by atoms with Crippen molar-refractivity contribution in [1.82, 2.24) is 4.90 Å². The van der Waals surface area contributed by atoms with E-state index in [0.717, 1.165) is 16.7 Å². The number of rotatable bonds is 2. The highest BCUT2D eigenvalue weighted by atomic mass is 16.6. The fourth-order valence-electron chi connectivity index (χ4n) is 2.78. The lowest BCUT2D eigenvalue weighted by molar-refractivity contribution is -0.158. The van der Waals surface area contributed by atoms with Gasteiger partial charge in [-0.15, -0.1) is 0 Å². The average molecular weight is 291 g/mol. The average Bonchev–Trinajstić information content (AvgIpc) is 2.45. The highest BCUT2D eigenvalue weighted by Crippen LogP contribution is 2.20. The molecular weight excluding hydrogens is 270 g/mol. The van der Waals surface area contributed by atoms with Crippen molar-refractivity contribution in [3.05, 3.63) is 34.4 Å². The van der Waals surface area contributed by atoms with Crippen molar-refractivity contribution in [2.75, 3.05) is 26.8 Å². The number of aryl methyl sites for hydroxylation is 3. The Kier molecular flexibility index (Phi) is 4.63. The number of hydrogen-bond donors (Lipinski definition) is 0. The minimum absolute atomic E-state index is 0.0535. The topological polar surface area (TPSA) is 55.8 Å². The van der Waals surface area contributed by atoms with Crippen molar-refractivity contribution >= 4 is 11.9 Å². The molecule has 5 nitrogen and oxygen atoms in total. The van der Waals surface area contributed by atoms with E-state index in [1.807, 2.05) is 32.9 Å². The first-order valence-electron chi connectivity index (χ1n) is 7.00. The molecule has 1 aromatic carbocycles. The predicted octanol–water partition coefficient (Wildman–Crippen LogP) is 1.63. The van der Waals surface area contributed by atoms with Crippen molar-refractivity contribution in [2.24, 2.45) is 0 Å². The molecule has 0 spiro atoms. The SMILES string of the molecule is COC(=O)C1CN(C(=O)c2c(C)cc(C)cc2C)CCO1. The molecular formula is C16H21NO4. The minimum atomic E-state index is -0.696. The van der Waals surface area contributed by atoms with E-state index in [4.69, 9.17) is 4.74 Å². The maximum atomic E-state index is 12.7. The largest absolute Gasteiger partial charge is 0.467 e. The van der Waals surface area contributed by atoms with E-state index in [1.165, 1.54) is 7.11 Å².